The molecule has 0 spiro atoms. The Morgan fingerprint density at radius 3 is 2.13 bits per heavy atom. The molecule has 1 aliphatic heterocycles. The van der Waals surface area contributed by atoms with Crippen molar-refractivity contribution in [2.24, 2.45) is 0 Å². The van der Waals surface area contributed by atoms with Crippen LogP contribution in [0.2, 0.25) is 0 Å². The number of hydrogen-bond acceptors (Lipinski definition) is 2. The summed E-state index contributed by atoms with van der Waals surface area (Å²) in [7, 11) is 0. The maximum atomic E-state index is 3.34. The van der Waals surface area contributed by atoms with E-state index in [2.05, 4.69) is 54.4 Å². The number of nitrogens with zero attached hydrogens (tertiary/aromatic N) is 1. The number of nitrogens with one attached hydrogen (secondary N) is 1. The molecule has 0 aromatic heterocycles. The quantitative estimate of drug-likeness (QED) is 0.759. The first kappa shape index (κ1) is 12.1. The van der Waals surface area contributed by atoms with Crippen molar-refractivity contribution in [1.29, 1.82) is 0 Å². The van der Waals surface area contributed by atoms with E-state index in [0.717, 1.165) is 26.2 Å². The minimum atomic E-state index is 1.11. The highest BCUT2D eigenvalue weighted by Gasteiger charge is 2.08. The number of benzene rings is 1. The van der Waals surface area contributed by atoms with Gasteiger partial charge in [-0.25, -0.2) is 0 Å². The molecule has 2 rings (SSSR count). The second kappa shape index (κ2) is 7.30. The number of anilines is 1. The van der Waals surface area contributed by atoms with Crippen LogP contribution in [0.3, 0.4) is 0 Å². The molecule has 2 heteroatoms. The van der Waals surface area contributed by atoms with E-state index < -0.39 is 0 Å². The number of piperazine rings is 1. The fraction of sp³-hybridized carbons (Fsp3) is 0.538. The van der Waals surface area contributed by atoms with Crippen LogP contribution < -0.4 is 10.2 Å². The Balaban J connectivity index is 0.000000337. The molecule has 1 aromatic rings. The third-order valence-corrected chi connectivity index (χ3v) is 2.24. The molecule has 84 valence electrons. The van der Waals surface area contributed by atoms with Crippen molar-refractivity contribution in [1.82, 2.24) is 5.32 Å². The van der Waals surface area contributed by atoms with Gasteiger partial charge in [0, 0.05) is 31.9 Å². The molecule has 15 heavy (non-hydrogen) atoms. The second-order valence-electron chi connectivity index (χ2n) is 3.78. The van der Waals surface area contributed by atoms with Crippen LogP contribution in [-0.4, -0.2) is 26.2 Å². The molecule has 0 amide bonds. The smallest absolute Gasteiger partial charge is 0.0367 e. The van der Waals surface area contributed by atoms with Gasteiger partial charge < -0.3 is 10.2 Å². The lowest BCUT2D eigenvalue weighted by Gasteiger charge is -2.29. The summed E-state index contributed by atoms with van der Waals surface area (Å²) >= 11 is 0. The molecule has 1 N–H and O–H groups in total. The molecular weight excluding hydrogens is 184 g/mol. The Morgan fingerprint density at radius 2 is 1.60 bits per heavy atom. The number of hydrogen-bond donors (Lipinski definition) is 1. The first-order valence-electron chi connectivity index (χ1n) is 5.89. The van der Waals surface area contributed by atoms with Crippen molar-refractivity contribution in [2.75, 3.05) is 31.1 Å². The fourth-order valence-corrected chi connectivity index (χ4v) is 1.56. The van der Waals surface area contributed by atoms with Crippen molar-refractivity contribution >= 4 is 5.69 Å². The molecule has 0 unspecified atom stereocenters. The van der Waals surface area contributed by atoms with Gasteiger partial charge in [-0.15, -0.1) is 0 Å². The van der Waals surface area contributed by atoms with E-state index in [-0.39, 0.29) is 0 Å². The zero-order valence-corrected chi connectivity index (χ0v) is 9.87. The topological polar surface area (TPSA) is 15.3 Å². The molecule has 1 aromatic carbocycles. The Hall–Kier alpha value is -1.02. The number of para-hydroxylation sites is 1. The minimum absolute atomic E-state index is 1.11. The summed E-state index contributed by atoms with van der Waals surface area (Å²) in [5, 5.41) is 3.34. The van der Waals surface area contributed by atoms with Gasteiger partial charge in [-0.2, -0.15) is 0 Å². The van der Waals surface area contributed by atoms with Crippen LogP contribution in [-0.2, 0) is 0 Å². The van der Waals surface area contributed by atoms with E-state index in [0.29, 0.717) is 0 Å². The number of rotatable bonds is 1. The maximum absolute atomic E-state index is 3.34. The van der Waals surface area contributed by atoms with Gasteiger partial charge in [0.15, 0.2) is 0 Å². The van der Waals surface area contributed by atoms with E-state index in [1.807, 2.05) is 0 Å². The van der Waals surface area contributed by atoms with Crippen molar-refractivity contribution in [2.45, 2.75) is 20.3 Å². The average molecular weight is 206 g/mol. The van der Waals surface area contributed by atoms with E-state index in [1.54, 1.807) is 0 Å². The van der Waals surface area contributed by atoms with Gasteiger partial charge in [0.2, 0.25) is 0 Å². The highest BCUT2D eigenvalue weighted by molar-refractivity contribution is 5.46. The summed E-state index contributed by atoms with van der Waals surface area (Å²) in [6.07, 6.45) is 1.25. The third-order valence-electron chi connectivity index (χ3n) is 2.24. The van der Waals surface area contributed by atoms with Crippen molar-refractivity contribution in [3.05, 3.63) is 30.3 Å². The van der Waals surface area contributed by atoms with Crippen molar-refractivity contribution in [3.63, 3.8) is 0 Å². The summed E-state index contributed by atoms with van der Waals surface area (Å²) in [4.78, 5) is 2.41. The summed E-state index contributed by atoms with van der Waals surface area (Å²) in [5.41, 5.74) is 1.35. The molecule has 0 bridgehead atoms. The Kier molecular flexibility index (Phi) is 5.86. The molecular formula is C13H22N2. The molecule has 1 heterocycles. The molecule has 0 atom stereocenters. The lowest BCUT2D eigenvalue weighted by atomic mass is 10.2. The van der Waals surface area contributed by atoms with Gasteiger partial charge in [0.05, 0.1) is 0 Å². The van der Waals surface area contributed by atoms with Gasteiger partial charge in [0.1, 0.15) is 0 Å². The summed E-state index contributed by atoms with van der Waals surface area (Å²) in [5.74, 6) is 0. The molecule has 1 aliphatic rings. The second-order valence-corrected chi connectivity index (χ2v) is 3.78. The summed E-state index contributed by atoms with van der Waals surface area (Å²) < 4.78 is 0. The lowest BCUT2D eigenvalue weighted by Crippen LogP contribution is -2.43. The Labute approximate surface area is 93.3 Å². The molecule has 1 saturated heterocycles. The SMILES string of the molecule is CCC.c1ccc(N2CCNCC2)cc1. The zero-order chi connectivity index (χ0) is 10.9. The van der Waals surface area contributed by atoms with Gasteiger partial charge in [-0.1, -0.05) is 38.5 Å². The zero-order valence-electron chi connectivity index (χ0n) is 9.87. The highest BCUT2D eigenvalue weighted by atomic mass is 15.2. The predicted octanol–water partition coefficient (Wildman–Crippen LogP) is 2.51. The van der Waals surface area contributed by atoms with Crippen molar-refractivity contribution < 1.29 is 0 Å². The van der Waals surface area contributed by atoms with Gasteiger partial charge >= 0.3 is 0 Å². The van der Waals surface area contributed by atoms with Crippen LogP contribution in [0.25, 0.3) is 0 Å². The fourth-order valence-electron chi connectivity index (χ4n) is 1.56. The van der Waals surface area contributed by atoms with Crippen LogP contribution in [0.5, 0.6) is 0 Å². The molecule has 0 saturated carbocycles. The van der Waals surface area contributed by atoms with Crippen LogP contribution >= 0.6 is 0 Å². The summed E-state index contributed by atoms with van der Waals surface area (Å²) in [6.45, 7) is 8.72. The first-order valence-corrected chi connectivity index (χ1v) is 5.89. The third kappa shape index (κ3) is 4.34. The van der Waals surface area contributed by atoms with E-state index >= 15 is 0 Å². The standard InChI is InChI=1S/C10H14N2.C3H8/c1-2-4-10(5-3-1)12-8-6-11-7-9-12;1-3-2/h1-5,11H,6-9H2;3H2,1-2H3. The van der Waals surface area contributed by atoms with Crippen LogP contribution in [0.1, 0.15) is 20.3 Å². The predicted molar refractivity (Wildman–Crippen MR) is 67.5 cm³/mol. The van der Waals surface area contributed by atoms with E-state index in [4.69, 9.17) is 0 Å². The van der Waals surface area contributed by atoms with Gasteiger partial charge in [0.25, 0.3) is 0 Å². The van der Waals surface area contributed by atoms with E-state index in [1.165, 1.54) is 12.1 Å². The Bertz CT molecular complexity index is 240. The van der Waals surface area contributed by atoms with Crippen LogP contribution in [0.4, 0.5) is 5.69 Å². The van der Waals surface area contributed by atoms with Crippen LogP contribution in [0.15, 0.2) is 30.3 Å². The average Bonchev–Trinajstić information content (AvgIpc) is 2.32. The van der Waals surface area contributed by atoms with Crippen LogP contribution in [0, 0.1) is 0 Å². The summed E-state index contributed by atoms with van der Waals surface area (Å²) in [6, 6.07) is 10.6. The van der Waals surface area contributed by atoms with E-state index in [9.17, 15) is 0 Å². The van der Waals surface area contributed by atoms with Gasteiger partial charge in [-0.3, -0.25) is 0 Å². The minimum Gasteiger partial charge on any atom is -0.369 e. The maximum Gasteiger partial charge on any atom is 0.0367 e. The first-order chi connectivity index (χ1) is 7.38. The normalized spacial score (nSPS) is 15.5. The van der Waals surface area contributed by atoms with Crippen molar-refractivity contribution in [3.8, 4) is 0 Å². The lowest BCUT2D eigenvalue weighted by molar-refractivity contribution is 0.589. The highest BCUT2D eigenvalue weighted by Crippen LogP contribution is 2.12. The monoisotopic (exact) mass is 206 g/mol. The largest absolute Gasteiger partial charge is 0.369 e. The molecule has 0 aliphatic carbocycles. The molecule has 1 fully saturated rings. The molecule has 2 nitrogen and oxygen atoms in total. The molecule has 0 radical (unpaired) electrons. The van der Waals surface area contributed by atoms with Gasteiger partial charge in [-0.05, 0) is 12.1 Å². The Morgan fingerprint density at radius 1 is 1.07 bits per heavy atom.